The number of esters is 1. The monoisotopic (exact) mass is 341 g/mol. The van der Waals surface area contributed by atoms with Crippen LogP contribution in [0.5, 0.6) is 0 Å². The van der Waals surface area contributed by atoms with Crippen LogP contribution < -0.4 is 15.2 Å². The van der Waals surface area contributed by atoms with E-state index < -0.39 is 21.2 Å². The Morgan fingerprint density at radius 3 is 2.17 bits per heavy atom. The van der Waals surface area contributed by atoms with E-state index in [-0.39, 0.29) is 18.6 Å². The standard InChI is InChI=1S/C15H23N3O4S/c1-10-5-7-13(8-6-10)18(9-14(19)22-4)23(20,21)15-11(2)16-17-12(15)3/h5-8,11-12,15-17H,9H2,1-4H3. The van der Waals surface area contributed by atoms with E-state index in [0.717, 1.165) is 9.87 Å². The molecule has 1 aromatic carbocycles. The molecular weight excluding hydrogens is 318 g/mol. The predicted octanol–water partition coefficient (Wildman–Crippen LogP) is 0.558. The molecule has 128 valence electrons. The lowest BCUT2D eigenvalue weighted by Crippen LogP contribution is -2.48. The van der Waals surface area contributed by atoms with E-state index in [1.165, 1.54) is 7.11 Å². The SMILES string of the molecule is COC(=O)CN(c1ccc(C)cc1)S(=O)(=O)C1C(C)NNC1C. The van der Waals surface area contributed by atoms with Gasteiger partial charge in [-0.2, -0.15) is 0 Å². The second kappa shape index (κ2) is 6.86. The summed E-state index contributed by atoms with van der Waals surface area (Å²) < 4.78 is 32.0. The predicted molar refractivity (Wildman–Crippen MR) is 88.4 cm³/mol. The third kappa shape index (κ3) is 3.65. The van der Waals surface area contributed by atoms with Crippen LogP contribution in [0.1, 0.15) is 19.4 Å². The average molecular weight is 341 g/mol. The number of ether oxygens (including phenoxy) is 1. The van der Waals surface area contributed by atoms with Gasteiger partial charge in [-0.3, -0.25) is 20.0 Å². The Balaban J connectivity index is 2.43. The fraction of sp³-hybridized carbons (Fsp3) is 0.533. The van der Waals surface area contributed by atoms with Crippen LogP contribution in [0.25, 0.3) is 0 Å². The number of benzene rings is 1. The van der Waals surface area contributed by atoms with Crippen molar-refractivity contribution in [2.75, 3.05) is 18.0 Å². The molecule has 1 saturated heterocycles. The summed E-state index contributed by atoms with van der Waals surface area (Å²) in [6.07, 6.45) is 0. The van der Waals surface area contributed by atoms with Gasteiger partial charge in [-0.15, -0.1) is 0 Å². The number of sulfonamides is 1. The summed E-state index contributed by atoms with van der Waals surface area (Å²) in [4.78, 5) is 11.7. The number of carbonyl (C=O) groups is 1. The molecule has 2 atom stereocenters. The first-order valence-electron chi connectivity index (χ1n) is 7.43. The number of methoxy groups -OCH3 is 1. The molecule has 2 rings (SSSR count). The molecule has 0 aliphatic carbocycles. The first-order valence-corrected chi connectivity index (χ1v) is 8.93. The minimum absolute atomic E-state index is 0.277. The van der Waals surface area contributed by atoms with Crippen LogP contribution in [0.3, 0.4) is 0 Å². The molecule has 1 heterocycles. The van der Waals surface area contributed by atoms with Gasteiger partial charge in [0.05, 0.1) is 12.8 Å². The van der Waals surface area contributed by atoms with Gasteiger partial charge in [0, 0.05) is 12.1 Å². The molecule has 1 aromatic rings. The van der Waals surface area contributed by atoms with Gasteiger partial charge in [0.1, 0.15) is 11.8 Å². The van der Waals surface area contributed by atoms with E-state index in [0.29, 0.717) is 5.69 Å². The van der Waals surface area contributed by atoms with Crippen molar-refractivity contribution in [1.82, 2.24) is 10.9 Å². The molecule has 0 amide bonds. The topological polar surface area (TPSA) is 87.7 Å². The summed E-state index contributed by atoms with van der Waals surface area (Å²) in [7, 11) is -2.52. The van der Waals surface area contributed by atoms with Crippen LogP contribution in [0, 0.1) is 6.92 Å². The maximum atomic E-state index is 13.1. The van der Waals surface area contributed by atoms with Crippen LogP contribution >= 0.6 is 0 Å². The third-order valence-electron chi connectivity index (χ3n) is 4.00. The van der Waals surface area contributed by atoms with Crippen molar-refractivity contribution in [2.24, 2.45) is 0 Å². The summed E-state index contributed by atoms with van der Waals surface area (Å²) in [5.41, 5.74) is 7.33. The summed E-state index contributed by atoms with van der Waals surface area (Å²) in [5, 5.41) is -0.687. The fourth-order valence-electron chi connectivity index (χ4n) is 2.74. The Hall–Kier alpha value is -1.64. The Morgan fingerprint density at radius 2 is 1.70 bits per heavy atom. The van der Waals surface area contributed by atoms with Gasteiger partial charge in [-0.25, -0.2) is 8.42 Å². The highest BCUT2D eigenvalue weighted by molar-refractivity contribution is 7.93. The summed E-state index contributed by atoms with van der Waals surface area (Å²) in [6, 6.07) is 6.46. The minimum Gasteiger partial charge on any atom is -0.468 e. The lowest BCUT2D eigenvalue weighted by Gasteiger charge is -2.29. The van der Waals surface area contributed by atoms with Gasteiger partial charge in [-0.1, -0.05) is 17.7 Å². The van der Waals surface area contributed by atoms with E-state index in [9.17, 15) is 13.2 Å². The largest absolute Gasteiger partial charge is 0.468 e. The van der Waals surface area contributed by atoms with Crippen molar-refractivity contribution in [3.05, 3.63) is 29.8 Å². The van der Waals surface area contributed by atoms with E-state index in [1.54, 1.807) is 26.0 Å². The van der Waals surface area contributed by atoms with Gasteiger partial charge >= 0.3 is 5.97 Å². The minimum atomic E-state index is -3.76. The van der Waals surface area contributed by atoms with Crippen LogP contribution in [-0.4, -0.2) is 45.4 Å². The van der Waals surface area contributed by atoms with E-state index >= 15 is 0 Å². The van der Waals surface area contributed by atoms with Gasteiger partial charge in [0.2, 0.25) is 10.0 Å². The van der Waals surface area contributed by atoms with Crippen molar-refractivity contribution in [3.8, 4) is 0 Å². The highest BCUT2D eigenvalue weighted by atomic mass is 32.2. The summed E-state index contributed by atoms with van der Waals surface area (Å²) in [5.74, 6) is -0.603. The maximum absolute atomic E-state index is 13.1. The van der Waals surface area contributed by atoms with Crippen LogP contribution in [0.4, 0.5) is 5.69 Å². The summed E-state index contributed by atoms with van der Waals surface area (Å²) >= 11 is 0. The normalized spacial score (nSPS) is 24.4. The van der Waals surface area contributed by atoms with Gasteiger partial charge in [-0.05, 0) is 32.9 Å². The lowest BCUT2D eigenvalue weighted by molar-refractivity contribution is -0.138. The van der Waals surface area contributed by atoms with Crippen LogP contribution in [-0.2, 0) is 19.6 Å². The molecule has 0 spiro atoms. The first-order chi connectivity index (χ1) is 10.8. The van der Waals surface area contributed by atoms with Crippen molar-refractivity contribution in [2.45, 2.75) is 38.1 Å². The number of nitrogens with zero attached hydrogens (tertiary/aromatic N) is 1. The summed E-state index contributed by atoms with van der Waals surface area (Å²) in [6.45, 7) is 5.16. The van der Waals surface area contributed by atoms with Gasteiger partial charge < -0.3 is 4.74 Å². The fourth-order valence-corrected chi connectivity index (χ4v) is 4.91. The molecule has 0 saturated carbocycles. The number of hydrogen-bond donors (Lipinski definition) is 2. The van der Waals surface area contributed by atoms with Crippen LogP contribution in [0.15, 0.2) is 24.3 Å². The number of rotatable bonds is 5. The molecule has 2 unspecified atom stereocenters. The Kier molecular flexibility index (Phi) is 5.28. The smallest absolute Gasteiger partial charge is 0.326 e. The van der Waals surface area contributed by atoms with Crippen molar-refractivity contribution >= 4 is 21.7 Å². The molecule has 8 heteroatoms. The molecule has 1 fully saturated rings. The van der Waals surface area contributed by atoms with E-state index in [2.05, 4.69) is 15.6 Å². The average Bonchev–Trinajstić information content (AvgIpc) is 2.85. The number of hydrogen-bond acceptors (Lipinski definition) is 6. The van der Waals surface area contributed by atoms with Gasteiger partial charge in [0.15, 0.2) is 0 Å². The molecule has 7 nitrogen and oxygen atoms in total. The zero-order chi connectivity index (χ0) is 17.2. The lowest BCUT2D eigenvalue weighted by atomic mass is 10.2. The Bertz CT molecular complexity index is 650. The number of carbonyl (C=O) groups excluding carboxylic acids is 1. The zero-order valence-electron chi connectivity index (χ0n) is 13.7. The first kappa shape index (κ1) is 17.7. The molecule has 23 heavy (non-hydrogen) atoms. The second-order valence-electron chi connectivity index (χ2n) is 5.79. The number of nitrogens with one attached hydrogen (secondary N) is 2. The van der Waals surface area contributed by atoms with Crippen molar-refractivity contribution in [3.63, 3.8) is 0 Å². The molecular formula is C15H23N3O4S. The van der Waals surface area contributed by atoms with Crippen molar-refractivity contribution in [1.29, 1.82) is 0 Å². The second-order valence-corrected chi connectivity index (χ2v) is 7.81. The van der Waals surface area contributed by atoms with Crippen molar-refractivity contribution < 1.29 is 17.9 Å². The number of aryl methyl sites for hydroxylation is 1. The molecule has 1 aliphatic heterocycles. The van der Waals surface area contributed by atoms with Gasteiger partial charge in [0.25, 0.3) is 0 Å². The molecule has 1 aliphatic rings. The van der Waals surface area contributed by atoms with Crippen LogP contribution in [0.2, 0.25) is 0 Å². The number of anilines is 1. The van der Waals surface area contributed by atoms with E-state index in [4.69, 9.17) is 0 Å². The molecule has 0 aromatic heterocycles. The van der Waals surface area contributed by atoms with E-state index in [1.807, 2.05) is 19.1 Å². The Morgan fingerprint density at radius 1 is 1.17 bits per heavy atom. The maximum Gasteiger partial charge on any atom is 0.326 e. The number of hydrazine groups is 1. The molecule has 0 radical (unpaired) electrons. The molecule has 2 N–H and O–H groups in total. The highest BCUT2D eigenvalue weighted by Gasteiger charge is 2.44. The third-order valence-corrected chi connectivity index (χ3v) is 6.46. The quantitative estimate of drug-likeness (QED) is 0.761. The Labute approximate surface area is 137 Å². The highest BCUT2D eigenvalue weighted by Crippen LogP contribution is 2.26. The molecule has 0 bridgehead atoms. The zero-order valence-corrected chi connectivity index (χ0v) is 14.6.